The summed E-state index contributed by atoms with van der Waals surface area (Å²) in [5, 5.41) is 9.14. The summed E-state index contributed by atoms with van der Waals surface area (Å²) in [4.78, 5) is 24.4. The summed E-state index contributed by atoms with van der Waals surface area (Å²) in [5.41, 5.74) is 3.29. The molecule has 0 aliphatic heterocycles. The van der Waals surface area contributed by atoms with Crippen LogP contribution in [0.3, 0.4) is 0 Å². The van der Waals surface area contributed by atoms with Crippen LogP contribution in [0.15, 0.2) is 48.5 Å². The molecule has 2 rings (SSSR count). The third-order valence-corrected chi connectivity index (χ3v) is 6.04. The van der Waals surface area contributed by atoms with E-state index in [0.717, 1.165) is 67.6 Å². The first-order valence-electron chi connectivity index (χ1n) is 12.9. The summed E-state index contributed by atoms with van der Waals surface area (Å²) >= 11 is 0. The quantitative estimate of drug-likeness (QED) is 0.266. The van der Waals surface area contributed by atoms with Crippen molar-refractivity contribution in [3.8, 4) is 11.5 Å². The van der Waals surface area contributed by atoms with E-state index in [9.17, 15) is 9.59 Å². The van der Waals surface area contributed by atoms with E-state index in [2.05, 4.69) is 24.3 Å². The van der Waals surface area contributed by atoms with Crippen molar-refractivity contribution < 1.29 is 24.2 Å². The van der Waals surface area contributed by atoms with E-state index in [0.29, 0.717) is 19.4 Å². The van der Waals surface area contributed by atoms with Gasteiger partial charge in [-0.15, -0.1) is 0 Å². The molecule has 6 heteroatoms. The first-order chi connectivity index (χ1) is 17.4. The van der Waals surface area contributed by atoms with Crippen LogP contribution >= 0.6 is 0 Å². The highest BCUT2D eigenvalue weighted by Crippen LogP contribution is 2.24. The Labute approximate surface area is 215 Å². The Hall–Kier alpha value is -3.28. The molecule has 0 atom stereocenters. The Kier molecular flexibility index (Phi) is 13.2. The summed E-state index contributed by atoms with van der Waals surface area (Å²) < 4.78 is 11.2. The van der Waals surface area contributed by atoms with Gasteiger partial charge in [0.25, 0.3) is 0 Å². The first kappa shape index (κ1) is 29.0. The largest absolute Gasteiger partial charge is 0.497 e. The van der Waals surface area contributed by atoms with Gasteiger partial charge in [0.15, 0.2) is 0 Å². The number of ether oxygens (including phenoxy) is 2. The number of carbonyl (C=O) groups excluding carboxylic acids is 1. The van der Waals surface area contributed by atoms with E-state index in [-0.39, 0.29) is 12.3 Å². The number of methoxy groups -OCH3 is 1. The van der Waals surface area contributed by atoms with Crippen molar-refractivity contribution in [3.63, 3.8) is 0 Å². The molecule has 2 aromatic carbocycles. The van der Waals surface area contributed by atoms with Gasteiger partial charge in [0.05, 0.1) is 13.7 Å². The van der Waals surface area contributed by atoms with Gasteiger partial charge in [-0.1, -0.05) is 42.8 Å². The molecule has 0 bridgehead atoms. The topological polar surface area (TPSA) is 76.1 Å². The molecule has 1 amide bonds. The molecule has 0 saturated heterocycles. The van der Waals surface area contributed by atoms with Gasteiger partial charge in [0.1, 0.15) is 11.5 Å². The molecule has 0 radical (unpaired) electrons. The summed E-state index contributed by atoms with van der Waals surface area (Å²) in [7, 11) is 5.23. The van der Waals surface area contributed by atoms with Crippen molar-refractivity contribution >= 4 is 18.0 Å². The Morgan fingerprint density at radius 3 is 2.39 bits per heavy atom. The molecule has 0 aromatic heterocycles. The molecule has 0 aliphatic carbocycles. The number of carbonyl (C=O) groups is 2. The van der Waals surface area contributed by atoms with Crippen molar-refractivity contribution in [1.82, 2.24) is 4.90 Å². The van der Waals surface area contributed by atoms with Crippen molar-refractivity contribution in [2.24, 2.45) is 0 Å². The van der Waals surface area contributed by atoms with Crippen LogP contribution in [0.5, 0.6) is 11.5 Å². The van der Waals surface area contributed by atoms with E-state index in [4.69, 9.17) is 14.6 Å². The number of hydrogen-bond donors (Lipinski definition) is 1. The fourth-order valence-electron chi connectivity index (χ4n) is 3.85. The zero-order valence-electron chi connectivity index (χ0n) is 22.0. The van der Waals surface area contributed by atoms with Crippen LogP contribution in [0, 0.1) is 0 Å². The zero-order valence-corrected chi connectivity index (χ0v) is 22.0. The SMILES string of the molecule is COc1ccc(C=CCCCCOc2ccc(CCCCCC(=O)N(C)C)cc2CCC(=O)O)cc1. The number of aliphatic carboxylic acids is 1. The molecule has 196 valence electrons. The molecule has 6 nitrogen and oxygen atoms in total. The third kappa shape index (κ3) is 11.4. The number of carboxylic acid groups (broad SMARTS) is 1. The second-order valence-corrected chi connectivity index (χ2v) is 9.20. The van der Waals surface area contributed by atoms with Gasteiger partial charge in [-0.3, -0.25) is 9.59 Å². The summed E-state index contributed by atoms with van der Waals surface area (Å²) in [6, 6.07) is 14.1. The normalized spacial score (nSPS) is 11.0. The second-order valence-electron chi connectivity index (χ2n) is 9.20. The predicted molar refractivity (Wildman–Crippen MR) is 145 cm³/mol. The van der Waals surface area contributed by atoms with Gasteiger partial charge >= 0.3 is 5.97 Å². The number of allylic oxidation sites excluding steroid dienone is 1. The lowest BCUT2D eigenvalue weighted by atomic mass is 10.0. The minimum Gasteiger partial charge on any atom is -0.497 e. The van der Waals surface area contributed by atoms with Crippen LogP contribution in [0.2, 0.25) is 0 Å². The lowest BCUT2D eigenvalue weighted by molar-refractivity contribution is -0.137. The van der Waals surface area contributed by atoms with E-state index in [1.54, 1.807) is 26.1 Å². The van der Waals surface area contributed by atoms with E-state index < -0.39 is 5.97 Å². The molecule has 0 unspecified atom stereocenters. The van der Waals surface area contributed by atoms with E-state index >= 15 is 0 Å². The van der Waals surface area contributed by atoms with Gasteiger partial charge in [0.2, 0.25) is 5.91 Å². The number of benzene rings is 2. The highest BCUT2D eigenvalue weighted by Gasteiger charge is 2.09. The minimum atomic E-state index is -0.805. The molecule has 0 heterocycles. The maximum absolute atomic E-state index is 11.7. The first-order valence-corrected chi connectivity index (χ1v) is 12.9. The van der Waals surface area contributed by atoms with Gasteiger partial charge in [-0.25, -0.2) is 0 Å². The molecule has 1 N–H and O–H groups in total. The number of aryl methyl sites for hydroxylation is 2. The average molecular weight is 496 g/mol. The van der Waals surface area contributed by atoms with E-state index in [1.807, 2.05) is 30.3 Å². The smallest absolute Gasteiger partial charge is 0.303 e. The van der Waals surface area contributed by atoms with Crippen molar-refractivity contribution in [1.29, 1.82) is 0 Å². The zero-order chi connectivity index (χ0) is 26.2. The maximum Gasteiger partial charge on any atom is 0.303 e. The molecule has 2 aromatic rings. The van der Waals surface area contributed by atoms with Crippen LogP contribution in [-0.4, -0.2) is 49.7 Å². The molecule has 0 fully saturated rings. The predicted octanol–water partition coefficient (Wildman–Crippen LogP) is 6.17. The lowest BCUT2D eigenvalue weighted by Crippen LogP contribution is -2.20. The van der Waals surface area contributed by atoms with Crippen LogP contribution in [-0.2, 0) is 22.4 Å². The van der Waals surface area contributed by atoms with Crippen LogP contribution in [0.25, 0.3) is 6.08 Å². The van der Waals surface area contributed by atoms with Gasteiger partial charge < -0.3 is 19.5 Å². The number of rotatable bonds is 17. The summed E-state index contributed by atoms with van der Waals surface area (Å²) in [5.74, 6) is 1.000. The van der Waals surface area contributed by atoms with Crippen LogP contribution in [0.1, 0.15) is 68.1 Å². The highest BCUT2D eigenvalue weighted by atomic mass is 16.5. The Morgan fingerprint density at radius 1 is 0.917 bits per heavy atom. The summed E-state index contributed by atoms with van der Waals surface area (Å²) in [6.45, 7) is 0.607. The number of nitrogens with zero attached hydrogens (tertiary/aromatic N) is 1. The fourth-order valence-corrected chi connectivity index (χ4v) is 3.85. The molecule has 0 spiro atoms. The van der Waals surface area contributed by atoms with Gasteiger partial charge in [-0.05, 0) is 79.8 Å². The number of amides is 1. The monoisotopic (exact) mass is 495 g/mol. The molecular formula is C30H41NO5. The van der Waals surface area contributed by atoms with Crippen molar-refractivity contribution in [3.05, 3.63) is 65.2 Å². The Balaban J connectivity index is 1.77. The third-order valence-electron chi connectivity index (χ3n) is 6.04. The van der Waals surface area contributed by atoms with E-state index in [1.165, 1.54) is 5.56 Å². The fraction of sp³-hybridized carbons (Fsp3) is 0.467. The summed E-state index contributed by atoms with van der Waals surface area (Å²) in [6.07, 6.45) is 12.1. The second kappa shape index (κ2) is 16.4. The van der Waals surface area contributed by atoms with Gasteiger partial charge in [0, 0.05) is 26.9 Å². The highest BCUT2D eigenvalue weighted by molar-refractivity contribution is 5.75. The molecule has 36 heavy (non-hydrogen) atoms. The van der Waals surface area contributed by atoms with Crippen molar-refractivity contribution in [2.45, 2.75) is 64.2 Å². The Bertz CT molecular complexity index is 966. The lowest BCUT2D eigenvalue weighted by Gasteiger charge is -2.13. The number of hydrogen-bond acceptors (Lipinski definition) is 4. The number of unbranched alkanes of at least 4 members (excludes halogenated alkanes) is 4. The minimum absolute atomic E-state index is 0.0859. The Morgan fingerprint density at radius 2 is 1.69 bits per heavy atom. The van der Waals surface area contributed by atoms with Crippen LogP contribution in [0.4, 0.5) is 0 Å². The maximum atomic E-state index is 11.7. The van der Waals surface area contributed by atoms with Crippen LogP contribution < -0.4 is 9.47 Å². The number of carboxylic acids is 1. The van der Waals surface area contributed by atoms with Crippen molar-refractivity contribution in [2.75, 3.05) is 27.8 Å². The standard InChI is InChI=1S/C30H41NO5/c1-31(2)29(32)13-9-6-8-12-25-16-20-28(26(23-25)17-21-30(33)34)36-22-10-5-4-7-11-24-14-18-27(35-3)19-15-24/h7,11,14-16,18-20,23H,4-6,8-10,12-13,17,21-22H2,1-3H3,(H,33,34). The molecular weight excluding hydrogens is 454 g/mol. The molecule has 0 saturated carbocycles. The molecule has 0 aliphatic rings. The van der Waals surface area contributed by atoms with Gasteiger partial charge in [-0.2, -0.15) is 0 Å². The average Bonchev–Trinajstić information content (AvgIpc) is 2.87.